The van der Waals surface area contributed by atoms with Gasteiger partial charge < -0.3 is 26.1 Å². The molecule has 1 amide bonds. The molecule has 0 spiro atoms. The number of ether oxygens (including phenoxy) is 1. The predicted molar refractivity (Wildman–Crippen MR) is 150 cm³/mol. The third-order valence-electron chi connectivity index (χ3n) is 5.43. The van der Waals surface area contributed by atoms with E-state index < -0.39 is 0 Å². The maximum Gasteiger partial charge on any atom is 0.257 e. The number of nitrogens with zero attached hydrogens (tertiary/aromatic N) is 4. The SMILES string of the molecule is C/C=C/C(=N\N)Nc1cc(N2CC(OCC)C2)nc(Sc2ccc(NC(=O)c3ccccc3Cl)cc2)n1. The summed E-state index contributed by atoms with van der Waals surface area (Å²) >= 11 is 7.54. The second kappa shape index (κ2) is 12.6. The third kappa shape index (κ3) is 7.00. The Labute approximate surface area is 225 Å². The van der Waals surface area contributed by atoms with Crippen molar-refractivity contribution in [3.63, 3.8) is 0 Å². The fourth-order valence-electron chi connectivity index (χ4n) is 3.61. The average molecular weight is 538 g/mol. The van der Waals surface area contributed by atoms with Crippen LogP contribution in [0, 0.1) is 0 Å². The monoisotopic (exact) mass is 537 g/mol. The van der Waals surface area contributed by atoms with E-state index in [2.05, 4.69) is 25.6 Å². The number of halogens is 1. The number of amides is 1. The van der Waals surface area contributed by atoms with Crippen molar-refractivity contribution in [2.45, 2.75) is 30.0 Å². The summed E-state index contributed by atoms with van der Waals surface area (Å²) in [6.07, 6.45) is 3.80. The number of amidine groups is 1. The number of rotatable bonds is 9. The summed E-state index contributed by atoms with van der Waals surface area (Å²) in [4.78, 5) is 25.0. The van der Waals surface area contributed by atoms with Crippen molar-refractivity contribution in [3.8, 4) is 0 Å². The molecule has 1 fully saturated rings. The van der Waals surface area contributed by atoms with E-state index in [-0.39, 0.29) is 12.0 Å². The molecule has 192 valence electrons. The number of carbonyl (C=O) groups excluding carboxylic acids is 1. The summed E-state index contributed by atoms with van der Waals surface area (Å²) in [7, 11) is 0. The first kappa shape index (κ1) is 26.5. The van der Waals surface area contributed by atoms with Gasteiger partial charge in [0.1, 0.15) is 11.6 Å². The molecule has 1 aromatic heterocycles. The Morgan fingerprint density at radius 2 is 1.97 bits per heavy atom. The number of benzene rings is 2. The Bertz CT molecular complexity index is 1290. The topological polar surface area (TPSA) is 118 Å². The number of aromatic nitrogens is 2. The molecule has 4 N–H and O–H groups in total. The maximum absolute atomic E-state index is 12.5. The van der Waals surface area contributed by atoms with E-state index in [1.165, 1.54) is 11.8 Å². The zero-order valence-corrected chi connectivity index (χ0v) is 22.1. The zero-order chi connectivity index (χ0) is 26.2. The minimum Gasteiger partial charge on any atom is -0.375 e. The van der Waals surface area contributed by atoms with Crippen LogP contribution >= 0.6 is 23.4 Å². The number of carbonyl (C=O) groups is 1. The summed E-state index contributed by atoms with van der Waals surface area (Å²) < 4.78 is 5.68. The van der Waals surface area contributed by atoms with Crippen LogP contribution in [-0.2, 0) is 4.74 Å². The molecule has 0 radical (unpaired) electrons. The summed E-state index contributed by atoms with van der Waals surface area (Å²) in [6.45, 7) is 6.09. The summed E-state index contributed by atoms with van der Waals surface area (Å²) in [5, 5.41) is 10.7. The van der Waals surface area contributed by atoms with E-state index in [0.29, 0.717) is 39.7 Å². The van der Waals surface area contributed by atoms with Gasteiger partial charge in [0.05, 0.1) is 16.7 Å². The molecule has 9 nitrogen and oxygen atoms in total. The molecule has 0 saturated carbocycles. The number of hydrogen-bond donors (Lipinski definition) is 3. The minimum atomic E-state index is -0.267. The lowest BCUT2D eigenvalue weighted by Gasteiger charge is -2.39. The third-order valence-corrected chi connectivity index (χ3v) is 6.63. The first-order valence-electron chi connectivity index (χ1n) is 11.8. The molecule has 1 saturated heterocycles. The number of hydrogen-bond acceptors (Lipinski definition) is 8. The summed E-state index contributed by atoms with van der Waals surface area (Å²) in [6, 6.07) is 16.3. The van der Waals surface area contributed by atoms with Crippen molar-refractivity contribution >= 4 is 52.4 Å². The Kier molecular flexibility index (Phi) is 8.99. The van der Waals surface area contributed by atoms with E-state index in [4.69, 9.17) is 27.2 Å². The molecule has 37 heavy (non-hydrogen) atoms. The van der Waals surface area contributed by atoms with Crippen molar-refractivity contribution in [1.82, 2.24) is 9.97 Å². The van der Waals surface area contributed by atoms with Gasteiger partial charge in [-0.25, -0.2) is 9.97 Å². The Morgan fingerprint density at radius 1 is 1.22 bits per heavy atom. The Hall–Kier alpha value is -3.60. The largest absolute Gasteiger partial charge is 0.375 e. The highest BCUT2D eigenvalue weighted by atomic mass is 35.5. The van der Waals surface area contributed by atoms with Crippen LogP contribution in [0.4, 0.5) is 17.3 Å². The fraction of sp³-hybridized carbons (Fsp3) is 0.231. The lowest BCUT2D eigenvalue weighted by Crippen LogP contribution is -2.52. The number of nitrogens with one attached hydrogen (secondary N) is 2. The Balaban J connectivity index is 1.49. The van der Waals surface area contributed by atoms with Crippen molar-refractivity contribution in [3.05, 3.63) is 77.3 Å². The van der Waals surface area contributed by atoms with Crippen LogP contribution in [0.2, 0.25) is 5.02 Å². The van der Waals surface area contributed by atoms with Crippen LogP contribution in [0.15, 0.2) is 81.9 Å². The fourth-order valence-corrected chi connectivity index (χ4v) is 4.60. The van der Waals surface area contributed by atoms with Gasteiger partial charge in [0.15, 0.2) is 11.0 Å². The molecule has 0 aliphatic carbocycles. The lowest BCUT2D eigenvalue weighted by molar-refractivity contribution is 0.0426. The van der Waals surface area contributed by atoms with E-state index in [9.17, 15) is 4.79 Å². The molecule has 1 aliphatic rings. The van der Waals surface area contributed by atoms with Gasteiger partial charge in [-0.2, -0.15) is 5.10 Å². The second-order valence-corrected chi connectivity index (χ2v) is 9.52. The molecule has 4 rings (SSSR count). The maximum atomic E-state index is 12.5. The first-order valence-corrected chi connectivity index (χ1v) is 13.0. The van der Waals surface area contributed by atoms with Gasteiger partial charge in [-0.1, -0.05) is 29.8 Å². The molecular weight excluding hydrogens is 510 g/mol. The minimum absolute atomic E-state index is 0.199. The molecule has 1 aliphatic heterocycles. The van der Waals surface area contributed by atoms with Gasteiger partial charge in [-0.3, -0.25) is 4.79 Å². The van der Waals surface area contributed by atoms with Gasteiger partial charge in [-0.05, 0) is 68.1 Å². The van der Waals surface area contributed by atoms with Gasteiger partial charge in [0.2, 0.25) is 0 Å². The zero-order valence-electron chi connectivity index (χ0n) is 20.5. The summed E-state index contributed by atoms with van der Waals surface area (Å²) in [5.74, 6) is 7.10. The van der Waals surface area contributed by atoms with Crippen LogP contribution < -0.4 is 21.4 Å². The van der Waals surface area contributed by atoms with Crippen LogP contribution in [0.3, 0.4) is 0 Å². The number of nitrogens with two attached hydrogens (primary N) is 1. The number of anilines is 3. The van der Waals surface area contributed by atoms with Crippen molar-refractivity contribution in [2.75, 3.05) is 35.2 Å². The first-order chi connectivity index (χ1) is 18.0. The molecule has 11 heteroatoms. The van der Waals surface area contributed by atoms with Crippen molar-refractivity contribution in [1.29, 1.82) is 0 Å². The van der Waals surface area contributed by atoms with E-state index in [0.717, 1.165) is 23.8 Å². The molecule has 0 atom stereocenters. The van der Waals surface area contributed by atoms with E-state index >= 15 is 0 Å². The lowest BCUT2D eigenvalue weighted by atomic mass is 10.1. The van der Waals surface area contributed by atoms with Gasteiger partial charge in [-0.15, -0.1) is 0 Å². The smallest absolute Gasteiger partial charge is 0.257 e. The second-order valence-electron chi connectivity index (χ2n) is 8.08. The number of allylic oxidation sites excluding steroid dienone is 1. The van der Waals surface area contributed by atoms with Gasteiger partial charge in [0, 0.05) is 36.3 Å². The van der Waals surface area contributed by atoms with Crippen LogP contribution in [0.5, 0.6) is 0 Å². The highest BCUT2D eigenvalue weighted by Gasteiger charge is 2.29. The standard InChI is InChI=1S/C26H28ClN7O2S/c1-3-7-22(33-28)30-23-14-24(34-15-18(16-34)36-4-2)32-26(31-23)37-19-12-10-17(11-13-19)29-25(35)20-8-5-6-9-21(20)27/h3,5-14,18H,4,15-16,28H2,1-2H3,(H,29,35)(H,30,31,32,33)/b7-3+. The highest BCUT2D eigenvalue weighted by molar-refractivity contribution is 7.99. The number of hydrazone groups is 1. The van der Waals surface area contributed by atoms with Crippen LogP contribution in [0.1, 0.15) is 24.2 Å². The Morgan fingerprint density at radius 3 is 2.65 bits per heavy atom. The van der Waals surface area contributed by atoms with Crippen molar-refractivity contribution in [2.24, 2.45) is 10.9 Å². The molecule has 3 aromatic rings. The van der Waals surface area contributed by atoms with Crippen LogP contribution in [0.25, 0.3) is 0 Å². The summed E-state index contributed by atoms with van der Waals surface area (Å²) in [5.41, 5.74) is 1.08. The molecular formula is C26H28ClN7O2S. The highest BCUT2D eigenvalue weighted by Crippen LogP contribution is 2.31. The molecule has 2 aromatic carbocycles. The molecule has 0 bridgehead atoms. The van der Waals surface area contributed by atoms with Gasteiger partial charge in [0.25, 0.3) is 5.91 Å². The van der Waals surface area contributed by atoms with E-state index in [1.54, 1.807) is 30.3 Å². The average Bonchev–Trinajstić information content (AvgIpc) is 2.87. The van der Waals surface area contributed by atoms with E-state index in [1.807, 2.05) is 50.3 Å². The molecule has 0 unspecified atom stereocenters. The van der Waals surface area contributed by atoms with Gasteiger partial charge >= 0.3 is 0 Å². The predicted octanol–water partition coefficient (Wildman–Crippen LogP) is 5.02. The van der Waals surface area contributed by atoms with Crippen LogP contribution in [-0.4, -0.2) is 47.5 Å². The van der Waals surface area contributed by atoms with Crippen molar-refractivity contribution < 1.29 is 9.53 Å². The normalized spacial score (nSPS) is 14.0. The molecule has 2 heterocycles. The quantitative estimate of drug-likeness (QED) is 0.114.